The van der Waals surface area contributed by atoms with Crippen LogP contribution in [0.1, 0.15) is 12.5 Å². The normalized spacial score (nSPS) is 11.1. The average molecular weight is 207 g/mol. The molecule has 0 spiro atoms. The van der Waals surface area contributed by atoms with Crippen molar-refractivity contribution in [2.24, 2.45) is 0 Å². The molecule has 1 heterocycles. The zero-order valence-electron chi connectivity index (χ0n) is 8.51. The first-order chi connectivity index (χ1) is 7.24. The fraction of sp³-hybridized carbons (Fsp3) is 0.273. The van der Waals surface area contributed by atoms with Gasteiger partial charge in [-0.2, -0.15) is 0 Å². The van der Waals surface area contributed by atoms with E-state index in [2.05, 4.69) is 4.98 Å². The summed E-state index contributed by atoms with van der Waals surface area (Å²) in [4.78, 5) is 14.8. The monoisotopic (exact) mass is 207 g/mol. The first-order valence-electron chi connectivity index (χ1n) is 4.67. The lowest BCUT2D eigenvalue weighted by atomic mass is 10.1. The molecule has 1 rings (SSSR count). The van der Waals surface area contributed by atoms with Gasteiger partial charge in [-0.1, -0.05) is 6.07 Å². The van der Waals surface area contributed by atoms with Gasteiger partial charge in [0.15, 0.2) is 0 Å². The van der Waals surface area contributed by atoms with Gasteiger partial charge in [0, 0.05) is 18.8 Å². The molecule has 0 fully saturated rings. The summed E-state index contributed by atoms with van der Waals surface area (Å²) >= 11 is 0. The molecule has 0 atom stereocenters. The molecule has 0 aliphatic carbocycles. The van der Waals surface area contributed by atoms with Crippen LogP contribution in [-0.2, 0) is 16.0 Å². The van der Waals surface area contributed by atoms with Crippen LogP contribution in [0.5, 0.6) is 0 Å². The molecule has 4 nitrogen and oxygen atoms in total. The maximum Gasteiger partial charge on any atom is 0.335 e. The molecular formula is C11H13NO3. The average Bonchev–Trinajstić information content (AvgIpc) is 2.25. The molecular weight excluding hydrogens is 194 g/mol. The third-order valence-electron chi connectivity index (χ3n) is 1.78. The standard InChI is InChI=1S/C11H13NO3/c1-2-15-8-10(11(13)14)6-9-4-3-5-12-7-9/h3-5,7-8H,2,6H2,1H3,(H,13,14)/b10-8-. The van der Waals surface area contributed by atoms with Gasteiger partial charge in [0.25, 0.3) is 0 Å². The number of aliphatic carboxylic acids is 1. The van der Waals surface area contributed by atoms with E-state index in [0.717, 1.165) is 5.56 Å². The molecule has 0 aliphatic rings. The Morgan fingerprint density at radius 3 is 3.00 bits per heavy atom. The summed E-state index contributed by atoms with van der Waals surface area (Å²) in [5.74, 6) is -0.965. The molecule has 0 unspecified atom stereocenters. The summed E-state index contributed by atoms with van der Waals surface area (Å²) in [6.45, 7) is 2.27. The number of rotatable bonds is 5. The summed E-state index contributed by atoms with van der Waals surface area (Å²) in [5.41, 5.74) is 1.08. The number of aromatic nitrogens is 1. The molecule has 0 radical (unpaired) electrons. The third kappa shape index (κ3) is 3.81. The van der Waals surface area contributed by atoms with Gasteiger partial charge < -0.3 is 9.84 Å². The minimum Gasteiger partial charge on any atom is -0.501 e. The van der Waals surface area contributed by atoms with Crippen molar-refractivity contribution in [2.75, 3.05) is 6.61 Å². The van der Waals surface area contributed by atoms with Gasteiger partial charge in [-0.25, -0.2) is 4.79 Å². The summed E-state index contributed by atoms with van der Waals surface area (Å²) < 4.78 is 4.97. The van der Waals surface area contributed by atoms with Crippen molar-refractivity contribution >= 4 is 5.97 Å². The Hall–Kier alpha value is -1.84. The van der Waals surface area contributed by atoms with Gasteiger partial charge in [-0.05, 0) is 18.6 Å². The Labute approximate surface area is 88.2 Å². The number of carboxylic acid groups (broad SMARTS) is 1. The van der Waals surface area contributed by atoms with Gasteiger partial charge in [0.05, 0.1) is 18.4 Å². The van der Waals surface area contributed by atoms with Gasteiger partial charge in [-0.3, -0.25) is 4.98 Å². The van der Waals surface area contributed by atoms with Gasteiger partial charge in [-0.15, -0.1) is 0 Å². The summed E-state index contributed by atoms with van der Waals surface area (Å²) in [6, 6.07) is 3.60. The van der Waals surface area contributed by atoms with E-state index in [1.807, 2.05) is 6.07 Å². The van der Waals surface area contributed by atoms with Crippen molar-refractivity contribution in [1.29, 1.82) is 0 Å². The number of ether oxygens (including phenoxy) is 1. The SMILES string of the molecule is CCO/C=C(/Cc1cccnc1)C(=O)O. The molecule has 1 aromatic heterocycles. The quantitative estimate of drug-likeness (QED) is 0.589. The van der Waals surface area contributed by atoms with Crippen molar-refractivity contribution in [1.82, 2.24) is 4.98 Å². The fourth-order valence-corrected chi connectivity index (χ4v) is 1.07. The Morgan fingerprint density at radius 1 is 1.67 bits per heavy atom. The highest BCUT2D eigenvalue weighted by Crippen LogP contribution is 2.07. The van der Waals surface area contributed by atoms with E-state index in [0.29, 0.717) is 13.0 Å². The first kappa shape index (κ1) is 11.2. The zero-order chi connectivity index (χ0) is 11.1. The molecule has 0 amide bonds. The highest BCUT2D eigenvalue weighted by Gasteiger charge is 2.08. The summed E-state index contributed by atoms with van der Waals surface area (Å²) in [6.07, 6.45) is 4.90. The topological polar surface area (TPSA) is 59.4 Å². The van der Waals surface area contributed by atoms with E-state index in [1.54, 1.807) is 25.4 Å². The summed E-state index contributed by atoms with van der Waals surface area (Å²) in [7, 11) is 0. The number of hydrogen-bond acceptors (Lipinski definition) is 3. The van der Waals surface area contributed by atoms with E-state index in [-0.39, 0.29) is 5.57 Å². The number of pyridine rings is 1. The molecule has 1 N–H and O–H groups in total. The smallest absolute Gasteiger partial charge is 0.335 e. The van der Waals surface area contributed by atoms with Crippen LogP contribution < -0.4 is 0 Å². The lowest BCUT2D eigenvalue weighted by molar-refractivity contribution is -0.132. The van der Waals surface area contributed by atoms with Crippen LogP contribution in [0.2, 0.25) is 0 Å². The Morgan fingerprint density at radius 2 is 2.47 bits per heavy atom. The van der Waals surface area contributed by atoms with E-state index in [1.165, 1.54) is 6.26 Å². The molecule has 0 bridgehead atoms. The van der Waals surface area contributed by atoms with E-state index in [4.69, 9.17) is 9.84 Å². The second-order valence-corrected chi connectivity index (χ2v) is 2.94. The molecule has 1 aromatic rings. The predicted molar refractivity (Wildman–Crippen MR) is 55.3 cm³/mol. The first-order valence-corrected chi connectivity index (χ1v) is 4.67. The van der Waals surface area contributed by atoms with Crippen LogP contribution >= 0.6 is 0 Å². The Kier molecular flexibility index (Phi) is 4.34. The lowest BCUT2D eigenvalue weighted by Crippen LogP contribution is -2.05. The summed E-state index contributed by atoms with van der Waals surface area (Å²) in [5, 5.41) is 8.89. The van der Waals surface area contributed by atoms with Crippen molar-refractivity contribution in [3.63, 3.8) is 0 Å². The van der Waals surface area contributed by atoms with Crippen LogP contribution in [0.4, 0.5) is 0 Å². The van der Waals surface area contributed by atoms with Crippen molar-refractivity contribution in [2.45, 2.75) is 13.3 Å². The number of carbonyl (C=O) groups is 1. The molecule has 0 saturated carbocycles. The van der Waals surface area contributed by atoms with Crippen molar-refractivity contribution < 1.29 is 14.6 Å². The van der Waals surface area contributed by atoms with Gasteiger partial charge in [0.2, 0.25) is 0 Å². The molecule has 0 aromatic carbocycles. The molecule has 4 heteroatoms. The van der Waals surface area contributed by atoms with Crippen molar-refractivity contribution in [3.05, 3.63) is 41.9 Å². The number of nitrogens with zero attached hydrogens (tertiary/aromatic N) is 1. The van der Waals surface area contributed by atoms with Crippen molar-refractivity contribution in [3.8, 4) is 0 Å². The van der Waals surface area contributed by atoms with Crippen LogP contribution in [0, 0.1) is 0 Å². The third-order valence-corrected chi connectivity index (χ3v) is 1.78. The van der Waals surface area contributed by atoms with E-state index >= 15 is 0 Å². The van der Waals surface area contributed by atoms with Crippen LogP contribution in [0.3, 0.4) is 0 Å². The van der Waals surface area contributed by atoms with Gasteiger partial charge >= 0.3 is 5.97 Å². The van der Waals surface area contributed by atoms with Gasteiger partial charge in [0.1, 0.15) is 0 Å². The fourth-order valence-electron chi connectivity index (χ4n) is 1.07. The molecule has 0 aliphatic heterocycles. The second-order valence-electron chi connectivity index (χ2n) is 2.94. The second kappa shape index (κ2) is 5.80. The minimum absolute atomic E-state index is 0.227. The molecule has 80 valence electrons. The van der Waals surface area contributed by atoms with E-state index in [9.17, 15) is 4.79 Å². The molecule has 15 heavy (non-hydrogen) atoms. The van der Waals surface area contributed by atoms with Crippen LogP contribution in [0.25, 0.3) is 0 Å². The zero-order valence-corrected chi connectivity index (χ0v) is 8.51. The molecule has 0 saturated heterocycles. The van der Waals surface area contributed by atoms with Crippen LogP contribution in [0.15, 0.2) is 36.4 Å². The Bertz CT molecular complexity index is 346. The highest BCUT2D eigenvalue weighted by molar-refractivity contribution is 5.86. The largest absolute Gasteiger partial charge is 0.501 e. The minimum atomic E-state index is -0.965. The maximum atomic E-state index is 10.8. The Balaban J connectivity index is 2.72. The predicted octanol–water partition coefficient (Wildman–Crippen LogP) is 1.63. The maximum absolute atomic E-state index is 10.8. The van der Waals surface area contributed by atoms with E-state index < -0.39 is 5.97 Å². The number of hydrogen-bond donors (Lipinski definition) is 1. The van der Waals surface area contributed by atoms with Crippen LogP contribution in [-0.4, -0.2) is 22.7 Å². The number of carboxylic acids is 1. The highest BCUT2D eigenvalue weighted by atomic mass is 16.5. The lowest BCUT2D eigenvalue weighted by Gasteiger charge is -2.02.